The fraction of sp³-hybridized carbons (Fsp3) is 0.941. The summed E-state index contributed by atoms with van der Waals surface area (Å²) in [4.78, 5) is 12.5. The first-order valence-corrected chi connectivity index (χ1v) is 8.71. The molecule has 0 spiro atoms. The van der Waals surface area contributed by atoms with Gasteiger partial charge in [0.05, 0.1) is 6.61 Å². The molecule has 0 aromatic carbocycles. The fourth-order valence-electron chi connectivity index (χ4n) is 3.22. The van der Waals surface area contributed by atoms with Crippen LogP contribution in [0.3, 0.4) is 0 Å². The molecule has 1 N–H and O–H groups in total. The Hall–Kier alpha value is -0.610. The minimum atomic E-state index is -0.472. The van der Waals surface area contributed by atoms with E-state index in [0.717, 1.165) is 64.7 Å². The average Bonchev–Trinajstić information content (AvgIpc) is 2.89. The number of esters is 1. The molecule has 0 saturated heterocycles. The first kappa shape index (κ1) is 18.4. The van der Waals surface area contributed by atoms with Crippen molar-refractivity contribution >= 4 is 5.97 Å². The van der Waals surface area contributed by atoms with Crippen molar-refractivity contribution in [1.82, 2.24) is 5.32 Å². The van der Waals surface area contributed by atoms with E-state index in [-0.39, 0.29) is 5.97 Å². The van der Waals surface area contributed by atoms with Crippen molar-refractivity contribution in [3.05, 3.63) is 0 Å². The maximum Gasteiger partial charge on any atom is 0.326 e. The lowest BCUT2D eigenvalue weighted by molar-refractivity contribution is -0.153. The molecule has 1 aliphatic carbocycles. The van der Waals surface area contributed by atoms with E-state index in [9.17, 15) is 4.79 Å². The highest BCUT2D eigenvalue weighted by atomic mass is 16.5. The Bertz CT molecular complexity index is 296. The first-order valence-electron chi connectivity index (χ1n) is 8.71. The van der Waals surface area contributed by atoms with E-state index in [1.54, 1.807) is 0 Å². The van der Waals surface area contributed by atoms with E-state index in [1.165, 1.54) is 0 Å². The Balaban J connectivity index is 2.58. The number of unbranched alkanes of at least 4 members (excludes halogenated alkanes) is 1. The maximum absolute atomic E-state index is 12.5. The molecule has 124 valence electrons. The summed E-state index contributed by atoms with van der Waals surface area (Å²) >= 11 is 0. The summed E-state index contributed by atoms with van der Waals surface area (Å²) in [6, 6.07) is 0. The van der Waals surface area contributed by atoms with Gasteiger partial charge < -0.3 is 14.8 Å². The molecular weight excluding hydrogens is 266 g/mol. The van der Waals surface area contributed by atoms with Crippen LogP contribution in [0.1, 0.15) is 65.7 Å². The molecule has 4 heteroatoms. The molecule has 1 rings (SSSR count). The highest BCUT2D eigenvalue weighted by molar-refractivity contribution is 5.81. The summed E-state index contributed by atoms with van der Waals surface area (Å²) in [5.74, 6) is 0.277. The molecule has 0 aromatic rings. The molecule has 0 bridgehead atoms. The van der Waals surface area contributed by atoms with Crippen LogP contribution in [0.2, 0.25) is 0 Å². The number of carbonyl (C=O) groups excluding carboxylic acids is 1. The fourth-order valence-corrected chi connectivity index (χ4v) is 3.22. The Kier molecular flexibility index (Phi) is 8.93. The van der Waals surface area contributed by atoms with Crippen molar-refractivity contribution in [3.8, 4) is 0 Å². The van der Waals surface area contributed by atoms with Crippen molar-refractivity contribution in [2.45, 2.75) is 71.3 Å². The molecule has 1 fully saturated rings. The summed E-state index contributed by atoms with van der Waals surface area (Å²) < 4.78 is 11.1. The third-order valence-electron chi connectivity index (χ3n) is 4.40. The number of nitrogens with one attached hydrogen (secondary N) is 1. The van der Waals surface area contributed by atoms with Gasteiger partial charge in [0.15, 0.2) is 0 Å². The maximum atomic E-state index is 12.5. The smallest absolute Gasteiger partial charge is 0.326 e. The topological polar surface area (TPSA) is 47.6 Å². The minimum Gasteiger partial charge on any atom is -0.465 e. The van der Waals surface area contributed by atoms with E-state index in [1.807, 2.05) is 6.92 Å². The van der Waals surface area contributed by atoms with Gasteiger partial charge in [0.1, 0.15) is 5.54 Å². The largest absolute Gasteiger partial charge is 0.465 e. The summed E-state index contributed by atoms with van der Waals surface area (Å²) in [6.07, 6.45) is 7.32. The zero-order valence-electron chi connectivity index (χ0n) is 14.1. The van der Waals surface area contributed by atoms with Gasteiger partial charge in [0.2, 0.25) is 0 Å². The second kappa shape index (κ2) is 10.2. The van der Waals surface area contributed by atoms with E-state index in [0.29, 0.717) is 12.5 Å². The van der Waals surface area contributed by atoms with Gasteiger partial charge >= 0.3 is 5.97 Å². The lowest BCUT2D eigenvalue weighted by atomic mass is 9.84. The van der Waals surface area contributed by atoms with Crippen LogP contribution in [0.25, 0.3) is 0 Å². The third-order valence-corrected chi connectivity index (χ3v) is 4.40. The van der Waals surface area contributed by atoms with Crippen molar-refractivity contribution in [2.75, 3.05) is 26.4 Å². The van der Waals surface area contributed by atoms with Crippen LogP contribution in [0.15, 0.2) is 0 Å². The monoisotopic (exact) mass is 299 g/mol. The summed E-state index contributed by atoms with van der Waals surface area (Å²) in [5, 5.41) is 3.50. The molecule has 1 aliphatic rings. The quantitative estimate of drug-likeness (QED) is 0.470. The Labute approximate surface area is 130 Å². The van der Waals surface area contributed by atoms with Gasteiger partial charge in [-0.2, -0.15) is 0 Å². The van der Waals surface area contributed by atoms with Gasteiger partial charge in [-0.05, 0) is 51.5 Å². The van der Waals surface area contributed by atoms with Crippen LogP contribution < -0.4 is 5.32 Å². The number of hydrogen-bond acceptors (Lipinski definition) is 4. The van der Waals surface area contributed by atoms with Crippen LogP contribution in [-0.4, -0.2) is 37.9 Å². The molecule has 4 nitrogen and oxygen atoms in total. The summed E-state index contributed by atoms with van der Waals surface area (Å²) in [6.45, 7) is 9.07. The summed E-state index contributed by atoms with van der Waals surface area (Å²) in [5.41, 5.74) is -0.472. The van der Waals surface area contributed by atoms with Crippen LogP contribution >= 0.6 is 0 Å². The third kappa shape index (κ3) is 5.26. The van der Waals surface area contributed by atoms with Gasteiger partial charge in [-0.15, -0.1) is 0 Å². The number of ether oxygens (including phenoxy) is 2. The van der Waals surface area contributed by atoms with Gasteiger partial charge in [0.25, 0.3) is 0 Å². The average molecular weight is 299 g/mol. The summed E-state index contributed by atoms with van der Waals surface area (Å²) in [7, 11) is 0. The Morgan fingerprint density at radius 3 is 2.71 bits per heavy atom. The van der Waals surface area contributed by atoms with Crippen LogP contribution in [0.4, 0.5) is 0 Å². The van der Waals surface area contributed by atoms with Crippen molar-refractivity contribution in [2.24, 2.45) is 5.92 Å². The lowest BCUT2D eigenvalue weighted by Gasteiger charge is -2.34. The van der Waals surface area contributed by atoms with Gasteiger partial charge in [-0.3, -0.25) is 4.79 Å². The van der Waals surface area contributed by atoms with E-state index in [4.69, 9.17) is 9.47 Å². The van der Waals surface area contributed by atoms with Crippen LogP contribution in [0, 0.1) is 5.92 Å². The molecule has 0 radical (unpaired) electrons. The SMILES string of the molecule is CCCCOCCC1CCCC1(NCCC)C(=O)OCC. The van der Waals surface area contributed by atoms with Crippen molar-refractivity contribution in [3.63, 3.8) is 0 Å². The Morgan fingerprint density at radius 1 is 1.24 bits per heavy atom. The second-order valence-corrected chi connectivity index (χ2v) is 5.96. The highest BCUT2D eigenvalue weighted by Crippen LogP contribution is 2.39. The molecule has 0 amide bonds. The number of hydrogen-bond donors (Lipinski definition) is 1. The Morgan fingerprint density at radius 2 is 2.05 bits per heavy atom. The molecule has 1 saturated carbocycles. The second-order valence-electron chi connectivity index (χ2n) is 5.96. The zero-order valence-corrected chi connectivity index (χ0v) is 14.1. The number of carbonyl (C=O) groups is 1. The predicted molar refractivity (Wildman–Crippen MR) is 85.3 cm³/mol. The van der Waals surface area contributed by atoms with E-state index < -0.39 is 5.54 Å². The zero-order chi connectivity index (χ0) is 15.6. The van der Waals surface area contributed by atoms with E-state index >= 15 is 0 Å². The van der Waals surface area contributed by atoms with Gasteiger partial charge in [-0.25, -0.2) is 0 Å². The molecule has 0 aromatic heterocycles. The molecule has 2 atom stereocenters. The normalized spacial score (nSPS) is 25.2. The van der Waals surface area contributed by atoms with Gasteiger partial charge in [0, 0.05) is 13.2 Å². The van der Waals surface area contributed by atoms with Crippen molar-refractivity contribution < 1.29 is 14.3 Å². The van der Waals surface area contributed by atoms with Crippen LogP contribution in [0.5, 0.6) is 0 Å². The molecule has 0 heterocycles. The van der Waals surface area contributed by atoms with Crippen LogP contribution in [-0.2, 0) is 14.3 Å². The molecular formula is C17H33NO3. The van der Waals surface area contributed by atoms with Gasteiger partial charge in [-0.1, -0.05) is 26.7 Å². The molecule has 0 aliphatic heterocycles. The van der Waals surface area contributed by atoms with Crippen molar-refractivity contribution in [1.29, 1.82) is 0 Å². The number of rotatable bonds is 11. The molecule has 21 heavy (non-hydrogen) atoms. The first-order chi connectivity index (χ1) is 10.2. The molecule has 2 unspecified atom stereocenters. The van der Waals surface area contributed by atoms with E-state index in [2.05, 4.69) is 19.2 Å². The predicted octanol–water partition coefficient (Wildman–Crippen LogP) is 3.29. The standard InChI is InChI=1S/C17H33NO3/c1-4-7-13-20-14-10-15-9-8-11-17(15,18-12-5-2)16(19)21-6-3/h15,18H,4-14H2,1-3H3. The highest BCUT2D eigenvalue weighted by Gasteiger charge is 2.49. The minimum absolute atomic E-state index is 0.0606. The lowest BCUT2D eigenvalue weighted by Crippen LogP contribution is -2.56.